The summed E-state index contributed by atoms with van der Waals surface area (Å²) in [5.41, 5.74) is -0.490. The van der Waals surface area contributed by atoms with Crippen LogP contribution >= 0.6 is 0 Å². The van der Waals surface area contributed by atoms with E-state index in [4.69, 9.17) is 4.74 Å². The Morgan fingerprint density at radius 3 is 2.83 bits per heavy atom. The van der Waals surface area contributed by atoms with E-state index in [0.29, 0.717) is 0 Å². The molecule has 2 aliphatic rings. The van der Waals surface area contributed by atoms with Crippen LogP contribution in [0, 0.1) is 45.8 Å². The van der Waals surface area contributed by atoms with E-state index in [2.05, 4.69) is 35.9 Å². The third-order valence-corrected chi connectivity index (χ3v) is 4.34. The van der Waals surface area contributed by atoms with Gasteiger partial charge in [0.2, 0.25) is 0 Å². The van der Waals surface area contributed by atoms with Gasteiger partial charge >= 0.3 is 5.97 Å². The molecule has 0 spiro atoms. The van der Waals surface area contributed by atoms with Crippen LogP contribution in [0.3, 0.4) is 0 Å². The molecule has 1 N–H and O–H groups in total. The van der Waals surface area contributed by atoms with Gasteiger partial charge in [-0.05, 0) is 18.4 Å². The molecule has 23 heavy (non-hydrogen) atoms. The molecule has 2 rings (SSSR count). The molecule has 2 aliphatic heterocycles. The van der Waals surface area contributed by atoms with Gasteiger partial charge in [-0.1, -0.05) is 24.0 Å². The van der Waals surface area contributed by atoms with Crippen molar-refractivity contribution < 1.29 is 9.53 Å². The summed E-state index contributed by atoms with van der Waals surface area (Å²) in [6.07, 6.45) is 5.91. The maximum absolute atomic E-state index is 10.7. The molecule has 118 valence electrons. The van der Waals surface area contributed by atoms with Crippen molar-refractivity contribution in [3.05, 3.63) is 24.3 Å². The predicted octanol–water partition coefficient (Wildman–Crippen LogP) is 1.84. The average molecular weight is 309 g/mol. The smallest absolute Gasteiger partial charge is 0.303 e. The number of carbonyl (C=O) groups is 1. The highest BCUT2D eigenvalue weighted by atomic mass is 16.5. The van der Waals surface area contributed by atoms with Crippen molar-refractivity contribution in [3.8, 4) is 24.0 Å². The van der Waals surface area contributed by atoms with Crippen molar-refractivity contribution in [1.29, 1.82) is 10.5 Å². The van der Waals surface area contributed by atoms with Crippen molar-refractivity contribution in [2.45, 2.75) is 38.3 Å². The fourth-order valence-electron chi connectivity index (χ4n) is 3.20. The molecule has 0 aliphatic carbocycles. The molecule has 2 bridgehead atoms. The van der Waals surface area contributed by atoms with Crippen molar-refractivity contribution >= 4 is 5.97 Å². The Bertz CT molecular complexity index is 655. The number of hydrogen-bond acceptors (Lipinski definition) is 5. The third kappa shape index (κ3) is 3.45. The van der Waals surface area contributed by atoms with E-state index in [1.807, 2.05) is 6.08 Å². The quantitative estimate of drug-likeness (QED) is 0.486. The lowest BCUT2D eigenvalue weighted by Gasteiger charge is -2.34. The normalized spacial score (nSPS) is 25.2. The third-order valence-electron chi connectivity index (χ3n) is 4.34. The van der Waals surface area contributed by atoms with Crippen molar-refractivity contribution in [2.75, 3.05) is 6.61 Å². The summed E-state index contributed by atoms with van der Waals surface area (Å²) >= 11 is 0. The molecular formula is C18H19N3O2. The lowest BCUT2D eigenvalue weighted by molar-refractivity contribution is -0.139. The minimum Gasteiger partial charge on any atom is -0.453 e. The highest BCUT2D eigenvalue weighted by Crippen LogP contribution is 2.42. The predicted molar refractivity (Wildman–Crippen MR) is 84.4 cm³/mol. The molecule has 0 amide bonds. The Hall–Kier alpha value is -2.55. The Balaban J connectivity index is 2.23. The molecule has 5 heteroatoms. The molecule has 0 radical (unpaired) electrons. The average Bonchev–Trinajstić information content (AvgIpc) is 2.93. The van der Waals surface area contributed by atoms with Crippen LogP contribution in [-0.2, 0) is 9.53 Å². The van der Waals surface area contributed by atoms with E-state index in [1.54, 1.807) is 6.08 Å². The molecule has 0 aromatic rings. The van der Waals surface area contributed by atoms with E-state index >= 15 is 0 Å². The fraction of sp³-hybridized carbons (Fsp3) is 0.500. The Morgan fingerprint density at radius 1 is 1.48 bits per heavy atom. The topological polar surface area (TPSA) is 85.9 Å². The minimum atomic E-state index is -1.29. The zero-order valence-corrected chi connectivity index (χ0v) is 13.1. The number of rotatable bonds is 4. The minimum absolute atomic E-state index is 0.0288. The summed E-state index contributed by atoms with van der Waals surface area (Å²) < 4.78 is 4.74. The molecule has 0 saturated carbocycles. The Labute approximate surface area is 136 Å². The van der Waals surface area contributed by atoms with E-state index in [0.717, 1.165) is 18.4 Å². The van der Waals surface area contributed by atoms with Crippen molar-refractivity contribution in [2.24, 2.45) is 11.3 Å². The first-order valence-electron chi connectivity index (χ1n) is 7.58. The second-order valence-electron chi connectivity index (χ2n) is 5.78. The van der Waals surface area contributed by atoms with Crippen LogP contribution in [0.2, 0.25) is 0 Å². The fourth-order valence-corrected chi connectivity index (χ4v) is 3.20. The first-order chi connectivity index (χ1) is 11.1. The molecule has 5 nitrogen and oxygen atoms in total. The maximum atomic E-state index is 10.7. The van der Waals surface area contributed by atoms with Crippen LogP contribution in [0.4, 0.5) is 0 Å². The number of carbonyl (C=O) groups excluding carboxylic acids is 1. The summed E-state index contributed by atoms with van der Waals surface area (Å²) in [5, 5.41) is 22.8. The number of ether oxygens (including phenoxy) is 1. The first kappa shape index (κ1) is 16.8. The van der Waals surface area contributed by atoms with Crippen LogP contribution < -0.4 is 5.32 Å². The van der Waals surface area contributed by atoms with Gasteiger partial charge in [-0.15, -0.1) is 6.58 Å². The second kappa shape index (κ2) is 7.14. The van der Waals surface area contributed by atoms with Gasteiger partial charge in [0.1, 0.15) is 0 Å². The van der Waals surface area contributed by atoms with Gasteiger partial charge in [0, 0.05) is 31.3 Å². The highest BCUT2D eigenvalue weighted by molar-refractivity contribution is 5.66. The van der Waals surface area contributed by atoms with Gasteiger partial charge in [-0.25, -0.2) is 0 Å². The molecular weight excluding hydrogens is 290 g/mol. The number of hydrogen-bond donors (Lipinski definition) is 1. The summed E-state index contributed by atoms with van der Waals surface area (Å²) in [4.78, 5) is 10.7. The maximum Gasteiger partial charge on any atom is 0.303 e. The van der Waals surface area contributed by atoms with E-state index < -0.39 is 11.4 Å². The van der Waals surface area contributed by atoms with Gasteiger partial charge in [0.05, 0.1) is 12.1 Å². The van der Waals surface area contributed by atoms with E-state index in [-0.39, 0.29) is 31.0 Å². The zero-order valence-electron chi connectivity index (χ0n) is 13.1. The van der Waals surface area contributed by atoms with Gasteiger partial charge in [-0.2, -0.15) is 10.5 Å². The Morgan fingerprint density at radius 2 is 2.22 bits per heavy atom. The SMILES string of the molecule is C=C[C@@H]1C(C(C#N)(C#N)CC#CCOC(C)=O)=CC2CC[C@@H]1N2. The monoisotopic (exact) mass is 309 g/mol. The van der Waals surface area contributed by atoms with E-state index in [9.17, 15) is 15.3 Å². The molecule has 1 unspecified atom stereocenters. The van der Waals surface area contributed by atoms with Gasteiger partial charge in [0.15, 0.2) is 12.0 Å². The van der Waals surface area contributed by atoms with Gasteiger partial charge in [-0.3, -0.25) is 4.79 Å². The summed E-state index contributed by atoms with van der Waals surface area (Å²) in [5.74, 6) is 5.05. The second-order valence-corrected chi connectivity index (χ2v) is 5.78. The first-order valence-corrected chi connectivity index (χ1v) is 7.58. The zero-order chi connectivity index (χ0) is 16.9. The van der Waals surface area contributed by atoms with Crippen molar-refractivity contribution in [3.63, 3.8) is 0 Å². The number of esters is 1. The number of nitrogens with zero attached hydrogens (tertiary/aromatic N) is 2. The van der Waals surface area contributed by atoms with Crippen LogP contribution in [0.5, 0.6) is 0 Å². The number of nitriles is 2. The number of fused-ring (bicyclic) bond motifs is 2. The molecule has 3 atom stereocenters. The van der Waals surface area contributed by atoms with Crippen LogP contribution in [0.15, 0.2) is 24.3 Å². The summed E-state index contributed by atoms with van der Waals surface area (Å²) in [6.45, 7) is 5.15. The summed E-state index contributed by atoms with van der Waals surface area (Å²) in [6, 6.07) is 4.74. The van der Waals surface area contributed by atoms with E-state index in [1.165, 1.54) is 6.92 Å². The van der Waals surface area contributed by atoms with Crippen LogP contribution in [-0.4, -0.2) is 24.7 Å². The van der Waals surface area contributed by atoms with Crippen molar-refractivity contribution in [1.82, 2.24) is 5.32 Å². The molecule has 1 fully saturated rings. The van der Waals surface area contributed by atoms with Gasteiger partial charge in [0.25, 0.3) is 0 Å². The lowest BCUT2D eigenvalue weighted by atomic mass is 9.71. The molecule has 1 saturated heterocycles. The Kier molecular flexibility index (Phi) is 5.22. The molecule has 2 heterocycles. The lowest BCUT2D eigenvalue weighted by Crippen LogP contribution is -2.42. The summed E-state index contributed by atoms with van der Waals surface area (Å²) in [7, 11) is 0. The van der Waals surface area contributed by atoms with Gasteiger partial charge < -0.3 is 10.1 Å². The largest absolute Gasteiger partial charge is 0.453 e. The van der Waals surface area contributed by atoms with Crippen LogP contribution in [0.1, 0.15) is 26.2 Å². The highest BCUT2D eigenvalue weighted by Gasteiger charge is 2.45. The molecule has 0 aromatic heterocycles. The van der Waals surface area contributed by atoms with Crippen LogP contribution in [0.25, 0.3) is 0 Å². The number of nitrogens with one attached hydrogen (secondary N) is 1. The standard InChI is InChI=1S/C18H19N3O2/c1-3-15-16(10-14-6-7-17(15)21-14)18(11-19,12-20)8-4-5-9-23-13(2)22/h3,10,14-15,17,21H,1,6-9H2,2H3/t14?,15-,17+/m1/s1. The molecule has 0 aromatic carbocycles.